The Kier molecular flexibility index (Phi) is 8.53. The van der Waals surface area contributed by atoms with Crippen LogP contribution in [0.3, 0.4) is 0 Å². The zero-order chi connectivity index (χ0) is 25.1. The zero-order valence-electron chi connectivity index (χ0n) is 21.1. The van der Waals surface area contributed by atoms with E-state index in [1.165, 1.54) is 6.42 Å². The van der Waals surface area contributed by atoms with Crippen LogP contribution in [0, 0.1) is 5.92 Å². The summed E-state index contributed by atoms with van der Waals surface area (Å²) in [6, 6.07) is 5.12. The number of benzene rings is 1. The van der Waals surface area contributed by atoms with E-state index < -0.39 is 12.3 Å². The van der Waals surface area contributed by atoms with Gasteiger partial charge in [-0.05, 0) is 70.7 Å². The third-order valence-corrected chi connectivity index (χ3v) is 8.19. The van der Waals surface area contributed by atoms with Crippen LogP contribution in [0.15, 0.2) is 24.4 Å². The number of halogens is 1. The number of likely N-dealkylation sites (N-methyl/N-ethyl adjacent to an activating group) is 1. The Morgan fingerprint density at radius 2 is 1.91 bits per heavy atom. The van der Waals surface area contributed by atoms with Gasteiger partial charge in [0.2, 0.25) is 5.91 Å². The smallest absolute Gasteiger partial charge is 0.240 e. The predicted octanol–water partition coefficient (Wildman–Crippen LogP) is 3.95. The Bertz CT molecular complexity index is 1050. The fourth-order valence-corrected chi connectivity index (χ4v) is 5.96. The number of aliphatic hydroxyl groups excluding tert-OH is 1. The van der Waals surface area contributed by atoms with Crippen LogP contribution in [0.1, 0.15) is 69.2 Å². The van der Waals surface area contributed by atoms with Gasteiger partial charge in [0, 0.05) is 52.9 Å². The number of fused-ring (bicyclic) bond motifs is 1. The highest BCUT2D eigenvalue weighted by molar-refractivity contribution is 6.31. The molecule has 4 rings (SSSR count). The number of aromatic nitrogens is 1. The van der Waals surface area contributed by atoms with Gasteiger partial charge >= 0.3 is 0 Å². The molecule has 0 spiro atoms. The Labute approximate surface area is 213 Å². The lowest BCUT2D eigenvalue weighted by Gasteiger charge is -2.37. The van der Waals surface area contributed by atoms with Gasteiger partial charge in [0.25, 0.3) is 0 Å². The van der Waals surface area contributed by atoms with Gasteiger partial charge in [0.05, 0.1) is 6.04 Å². The van der Waals surface area contributed by atoms with E-state index in [1.807, 2.05) is 43.3 Å². The van der Waals surface area contributed by atoms with E-state index in [9.17, 15) is 14.7 Å². The number of rotatable bonds is 9. The van der Waals surface area contributed by atoms with Crippen LogP contribution in [0.2, 0.25) is 5.02 Å². The maximum Gasteiger partial charge on any atom is 0.240 e. The summed E-state index contributed by atoms with van der Waals surface area (Å²) in [6.45, 7) is 4.83. The van der Waals surface area contributed by atoms with Crippen molar-refractivity contribution in [3.05, 3.63) is 35.0 Å². The van der Waals surface area contributed by atoms with Crippen LogP contribution in [0.4, 0.5) is 0 Å². The van der Waals surface area contributed by atoms with Gasteiger partial charge in [0.1, 0.15) is 6.23 Å². The SMILES string of the molecule is CN[C@@H](C)C(O)N[C@H](C(=O)N1CCC[C@H]1Cn1cc(C(C)=O)c2cc(Cl)ccc21)C1CCCCC1. The summed E-state index contributed by atoms with van der Waals surface area (Å²) in [4.78, 5) is 28.3. The molecule has 3 N–H and O–H groups in total. The summed E-state index contributed by atoms with van der Waals surface area (Å²) < 4.78 is 2.10. The summed E-state index contributed by atoms with van der Waals surface area (Å²) in [6.07, 6.45) is 8.46. The molecule has 1 unspecified atom stereocenters. The lowest BCUT2D eigenvalue weighted by molar-refractivity contribution is -0.137. The molecule has 35 heavy (non-hydrogen) atoms. The maximum atomic E-state index is 14.0. The molecular formula is C27H39ClN4O3. The number of hydrogen-bond acceptors (Lipinski definition) is 5. The topological polar surface area (TPSA) is 86.6 Å². The molecule has 1 aliphatic carbocycles. The fraction of sp³-hybridized carbons (Fsp3) is 0.630. The van der Waals surface area contributed by atoms with Crippen molar-refractivity contribution >= 4 is 34.2 Å². The van der Waals surface area contributed by atoms with E-state index in [0.717, 1.165) is 56.0 Å². The summed E-state index contributed by atoms with van der Waals surface area (Å²) >= 11 is 6.22. The largest absolute Gasteiger partial charge is 0.377 e. The monoisotopic (exact) mass is 502 g/mol. The highest BCUT2D eigenvalue weighted by Gasteiger charge is 2.38. The number of ketones is 1. The molecule has 4 atom stereocenters. The quantitative estimate of drug-likeness (QED) is 0.357. The summed E-state index contributed by atoms with van der Waals surface area (Å²) in [7, 11) is 1.81. The number of aliphatic hydroxyl groups is 1. The minimum atomic E-state index is -0.798. The number of amides is 1. The number of nitrogens with one attached hydrogen (secondary N) is 2. The molecule has 1 amide bonds. The summed E-state index contributed by atoms with van der Waals surface area (Å²) in [5.41, 5.74) is 1.61. The van der Waals surface area contributed by atoms with Crippen LogP contribution >= 0.6 is 11.6 Å². The van der Waals surface area contributed by atoms with Gasteiger partial charge < -0.3 is 19.9 Å². The van der Waals surface area contributed by atoms with Crippen molar-refractivity contribution in [1.82, 2.24) is 20.1 Å². The molecular weight excluding hydrogens is 464 g/mol. The Balaban J connectivity index is 1.58. The predicted molar refractivity (Wildman–Crippen MR) is 140 cm³/mol. The molecule has 8 heteroatoms. The van der Waals surface area contributed by atoms with E-state index >= 15 is 0 Å². The van der Waals surface area contributed by atoms with Crippen molar-refractivity contribution in [2.24, 2.45) is 5.92 Å². The number of carbonyl (C=O) groups excluding carboxylic acids is 2. The lowest BCUT2D eigenvalue weighted by Crippen LogP contribution is -2.58. The highest BCUT2D eigenvalue weighted by Crippen LogP contribution is 2.31. The number of carbonyl (C=O) groups is 2. The van der Waals surface area contributed by atoms with Crippen LogP contribution in [0.25, 0.3) is 10.9 Å². The minimum Gasteiger partial charge on any atom is -0.377 e. The van der Waals surface area contributed by atoms with Gasteiger partial charge in [-0.15, -0.1) is 0 Å². The third-order valence-electron chi connectivity index (χ3n) is 7.96. The zero-order valence-corrected chi connectivity index (χ0v) is 21.9. The molecule has 1 aromatic heterocycles. The highest BCUT2D eigenvalue weighted by atomic mass is 35.5. The van der Waals surface area contributed by atoms with Crippen LogP contribution < -0.4 is 10.6 Å². The molecule has 192 valence electrons. The molecule has 0 radical (unpaired) electrons. The van der Waals surface area contributed by atoms with E-state index in [1.54, 1.807) is 6.92 Å². The molecule has 2 heterocycles. The van der Waals surface area contributed by atoms with Crippen molar-refractivity contribution in [3.63, 3.8) is 0 Å². The van der Waals surface area contributed by atoms with Crippen LogP contribution in [0.5, 0.6) is 0 Å². The fourth-order valence-electron chi connectivity index (χ4n) is 5.79. The van der Waals surface area contributed by atoms with Crippen molar-refractivity contribution in [1.29, 1.82) is 0 Å². The Morgan fingerprint density at radius 3 is 2.60 bits per heavy atom. The lowest BCUT2D eigenvalue weighted by atomic mass is 9.83. The van der Waals surface area contributed by atoms with Gasteiger partial charge in [-0.3, -0.25) is 14.9 Å². The number of hydrogen-bond donors (Lipinski definition) is 3. The molecule has 1 aromatic carbocycles. The van der Waals surface area contributed by atoms with Crippen LogP contribution in [-0.4, -0.2) is 64.2 Å². The van der Waals surface area contributed by atoms with Crippen molar-refractivity contribution in [3.8, 4) is 0 Å². The van der Waals surface area contributed by atoms with Crippen LogP contribution in [-0.2, 0) is 11.3 Å². The van der Waals surface area contributed by atoms with Crippen molar-refractivity contribution < 1.29 is 14.7 Å². The molecule has 2 fully saturated rings. The Morgan fingerprint density at radius 1 is 1.17 bits per heavy atom. The summed E-state index contributed by atoms with van der Waals surface area (Å²) in [5, 5.41) is 18.5. The third kappa shape index (κ3) is 5.74. The number of nitrogens with zero attached hydrogens (tertiary/aromatic N) is 2. The number of likely N-dealkylation sites (tertiary alicyclic amines) is 1. The van der Waals surface area contributed by atoms with E-state index in [2.05, 4.69) is 15.2 Å². The standard InChI is InChI=1S/C27H39ClN4O3/c1-17(29-3)26(34)30-25(19-8-5-4-6-9-19)27(35)32-13-7-10-21(32)15-31-16-23(18(2)33)22-14-20(28)11-12-24(22)31/h11-12,14,16-17,19,21,25-26,29-30,34H,4-10,13,15H2,1-3H3/t17-,21-,25-,26?/m0/s1. The first-order valence-electron chi connectivity index (χ1n) is 13.0. The van der Waals surface area contributed by atoms with Gasteiger partial charge in [-0.25, -0.2) is 0 Å². The molecule has 1 aliphatic heterocycles. The molecule has 0 bridgehead atoms. The normalized spacial score (nSPS) is 21.9. The second-order valence-electron chi connectivity index (χ2n) is 10.3. The van der Waals surface area contributed by atoms with E-state index in [4.69, 9.17) is 11.6 Å². The van der Waals surface area contributed by atoms with Gasteiger partial charge in [-0.2, -0.15) is 0 Å². The molecule has 1 saturated heterocycles. The average Bonchev–Trinajstić information content (AvgIpc) is 3.46. The van der Waals surface area contributed by atoms with E-state index in [-0.39, 0.29) is 29.7 Å². The van der Waals surface area contributed by atoms with Gasteiger partial charge in [-0.1, -0.05) is 30.9 Å². The first-order valence-corrected chi connectivity index (χ1v) is 13.4. The molecule has 2 aliphatic rings. The van der Waals surface area contributed by atoms with Gasteiger partial charge in [0.15, 0.2) is 5.78 Å². The summed E-state index contributed by atoms with van der Waals surface area (Å²) in [5.74, 6) is 0.327. The molecule has 2 aromatic rings. The van der Waals surface area contributed by atoms with E-state index in [0.29, 0.717) is 17.1 Å². The molecule has 1 saturated carbocycles. The first-order chi connectivity index (χ1) is 16.8. The Hall–Kier alpha value is -1.93. The molecule has 7 nitrogen and oxygen atoms in total. The number of Topliss-reactive ketones (excluding diaryl/α,β-unsaturated/α-hetero) is 1. The second kappa shape index (κ2) is 11.4. The maximum absolute atomic E-state index is 14.0. The minimum absolute atomic E-state index is 0.00424. The first kappa shape index (κ1) is 26.1. The van der Waals surface area contributed by atoms with Crippen molar-refractivity contribution in [2.45, 2.75) is 89.7 Å². The van der Waals surface area contributed by atoms with Crippen molar-refractivity contribution in [2.75, 3.05) is 13.6 Å². The second-order valence-corrected chi connectivity index (χ2v) is 10.7. The average molecular weight is 503 g/mol.